The topological polar surface area (TPSA) is 54.5 Å². The van der Waals surface area contributed by atoms with Gasteiger partial charge in [-0.1, -0.05) is 0 Å². The van der Waals surface area contributed by atoms with Gasteiger partial charge in [-0.2, -0.15) is 0 Å². The highest BCUT2D eigenvalue weighted by molar-refractivity contribution is 7.11. The zero-order chi connectivity index (χ0) is 13.0. The Morgan fingerprint density at radius 2 is 2.17 bits per heavy atom. The zero-order valence-electron chi connectivity index (χ0n) is 10.9. The van der Waals surface area contributed by atoms with Gasteiger partial charge in [-0.05, 0) is 13.8 Å². The molecule has 18 heavy (non-hydrogen) atoms. The number of rotatable bonds is 4. The van der Waals surface area contributed by atoms with E-state index in [1.807, 2.05) is 13.8 Å². The third kappa shape index (κ3) is 3.51. The van der Waals surface area contributed by atoms with E-state index in [0.717, 1.165) is 42.7 Å². The average Bonchev–Trinajstić information content (AvgIpc) is 2.70. The van der Waals surface area contributed by atoms with Gasteiger partial charge in [0.1, 0.15) is 5.69 Å². The summed E-state index contributed by atoms with van der Waals surface area (Å²) in [6.07, 6.45) is 0. The smallest absolute Gasteiger partial charge is 0.271 e. The van der Waals surface area contributed by atoms with Crippen molar-refractivity contribution in [2.75, 3.05) is 39.4 Å². The minimum absolute atomic E-state index is 0.0647. The second-order valence-electron chi connectivity index (χ2n) is 4.35. The standard InChI is InChI=1S/C12H19N3O2S/c1-9-11(14-10(2)18-9)12(16)13-3-4-15-5-7-17-8-6-15/h3-8H2,1-2H3,(H,13,16). The molecule has 1 N–H and O–H groups in total. The summed E-state index contributed by atoms with van der Waals surface area (Å²) < 4.78 is 5.28. The minimum atomic E-state index is -0.0647. The summed E-state index contributed by atoms with van der Waals surface area (Å²) >= 11 is 1.56. The molecule has 2 rings (SSSR count). The molecule has 0 radical (unpaired) electrons. The van der Waals surface area contributed by atoms with Gasteiger partial charge in [0.2, 0.25) is 0 Å². The van der Waals surface area contributed by atoms with Crippen LogP contribution < -0.4 is 5.32 Å². The van der Waals surface area contributed by atoms with E-state index in [1.165, 1.54) is 0 Å². The molecule has 1 saturated heterocycles. The molecule has 0 aliphatic carbocycles. The molecule has 1 aromatic heterocycles. The van der Waals surface area contributed by atoms with Crippen LogP contribution in [0.5, 0.6) is 0 Å². The number of thiazole rings is 1. The molecule has 1 aliphatic heterocycles. The van der Waals surface area contributed by atoms with Crippen LogP contribution in [0.1, 0.15) is 20.4 Å². The van der Waals surface area contributed by atoms with E-state index in [-0.39, 0.29) is 5.91 Å². The number of nitrogens with zero attached hydrogens (tertiary/aromatic N) is 2. The van der Waals surface area contributed by atoms with Gasteiger partial charge in [0.05, 0.1) is 18.2 Å². The highest BCUT2D eigenvalue weighted by atomic mass is 32.1. The second kappa shape index (κ2) is 6.26. The van der Waals surface area contributed by atoms with Crippen LogP contribution >= 0.6 is 11.3 Å². The number of ether oxygens (including phenoxy) is 1. The largest absolute Gasteiger partial charge is 0.379 e. The molecule has 1 fully saturated rings. The maximum Gasteiger partial charge on any atom is 0.271 e. The number of aromatic nitrogens is 1. The van der Waals surface area contributed by atoms with E-state index in [2.05, 4.69) is 15.2 Å². The Bertz CT molecular complexity index is 413. The van der Waals surface area contributed by atoms with Gasteiger partial charge in [0.15, 0.2) is 0 Å². The summed E-state index contributed by atoms with van der Waals surface area (Å²) in [5.74, 6) is -0.0647. The molecular formula is C12H19N3O2S. The van der Waals surface area contributed by atoms with E-state index >= 15 is 0 Å². The fourth-order valence-corrected chi connectivity index (χ4v) is 2.79. The van der Waals surface area contributed by atoms with E-state index in [0.29, 0.717) is 12.2 Å². The molecule has 1 amide bonds. The summed E-state index contributed by atoms with van der Waals surface area (Å²) in [6.45, 7) is 8.86. The van der Waals surface area contributed by atoms with Gasteiger partial charge in [0, 0.05) is 31.1 Å². The van der Waals surface area contributed by atoms with Crippen LogP contribution in [0.15, 0.2) is 0 Å². The number of carbonyl (C=O) groups excluding carboxylic acids is 1. The van der Waals surface area contributed by atoms with E-state index < -0.39 is 0 Å². The van der Waals surface area contributed by atoms with E-state index in [9.17, 15) is 4.79 Å². The first-order valence-corrected chi connectivity index (χ1v) is 7.01. The third-order valence-electron chi connectivity index (χ3n) is 2.94. The molecule has 5 nitrogen and oxygen atoms in total. The van der Waals surface area contributed by atoms with Crippen molar-refractivity contribution in [3.05, 3.63) is 15.6 Å². The Labute approximate surface area is 111 Å². The monoisotopic (exact) mass is 269 g/mol. The maximum atomic E-state index is 11.9. The Morgan fingerprint density at radius 1 is 1.44 bits per heavy atom. The van der Waals surface area contributed by atoms with Crippen molar-refractivity contribution in [1.29, 1.82) is 0 Å². The normalized spacial score (nSPS) is 16.8. The summed E-state index contributed by atoms with van der Waals surface area (Å²) in [7, 11) is 0. The van der Waals surface area contributed by atoms with Gasteiger partial charge < -0.3 is 10.1 Å². The number of hydrogen-bond acceptors (Lipinski definition) is 5. The van der Waals surface area contributed by atoms with Gasteiger partial charge in [-0.3, -0.25) is 9.69 Å². The number of amides is 1. The predicted molar refractivity (Wildman–Crippen MR) is 71.2 cm³/mol. The zero-order valence-corrected chi connectivity index (χ0v) is 11.7. The average molecular weight is 269 g/mol. The lowest BCUT2D eigenvalue weighted by Crippen LogP contribution is -2.41. The quantitative estimate of drug-likeness (QED) is 0.879. The van der Waals surface area contributed by atoms with Crippen molar-refractivity contribution >= 4 is 17.2 Å². The number of nitrogens with one attached hydrogen (secondary N) is 1. The molecule has 6 heteroatoms. The molecule has 0 unspecified atom stereocenters. The lowest BCUT2D eigenvalue weighted by atomic mass is 10.3. The fraction of sp³-hybridized carbons (Fsp3) is 0.667. The lowest BCUT2D eigenvalue weighted by Gasteiger charge is -2.26. The van der Waals surface area contributed by atoms with Gasteiger partial charge >= 0.3 is 0 Å². The second-order valence-corrected chi connectivity index (χ2v) is 5.75. The first-order valence-electron chi connectivity index (χ1n) is 6.19. The molecule has 0 aromatic carbocycles. The van der Waals surface area contributed by atoms with Crippen LogP contribution in [0.4, 0.5) is 0 Å². The summed E-state index contributed by atoms with van der Waals surface area (Å²) in [5.41, 5.74) is 0.569. The molecule has 1 aliphatic rings. The van der Waals surface area contributed by atoms with Crippen molar-refractivity contribution < 1.29 is 9.53 Å². The number of morpholine rings is 1. The maximum absolute atomic E-state index is 11.9. The SMILES string of the molecule is Cc1nc(C(=O)NCCN2CCOCC2)c(C)s1. The van der Waals surface area contributed by atoms with Crippen LogP contribution in [0.25, 0.3) is 0 Å². The van der Waals surface area contributed by atoms with Crippen molar-refractivity contribution in [2.45, 2.75) is 13.8 Å². The van der Waals surface area contributed by atoms with Crippen molar-refractivity contribution in [1.82, 2.24) is 15.2 Å². The molecular weight excluding hydrogens is 250 g/mol. The van der Waals surface area contributed by atoms with Crippen molar-refractivity contribution in [2.24, 2.45) is 0 Å². The lowest BCUT2D eigenvalue weighted by molar-refractivity contribution is 0.0383. The van der Waals surface area contributed by atoms with Crippen molar-refractivity contribution in [3.8, 4) is 0 Å². The fourth-order valence-electron chi connectivity index (χ4n) is 1.98. The van der Waals surface area contributed by atoms with Gasteiger partial charge in [0.25, 0.3) is 5.91 Å². The highest BCUT2D eigenvalue weighted by Gasteiger charge is 2.14. The Morgan fingerprint density at radius 3 is 2.78 bits per heavy atom. The molecule has 2 heterocycles. The third-order valence-corrected chi connectivity index (χ3v) is 3.82. The first-order chi connectivity index (χ1) is 8.66. The minimum Gasteiger partial charge on any atom is -0.379 e. The van der Waals surface area contributed by atoms with Crippen LogP contribution in [-0.2, 0) is 4.74 Å². The van der Waals surface area contributed by atoms with Crippen LogP contribution in [0.3, 0.4) is 0 Å². The van der Waals surface area contributed by atoms with Gasteiger partial charge in [-0.15, -0.1) is 11.3 Å². The van der Waals surface area contributed by atoms with Crippen LogP contribution in [-0.4, -0.2) is 55.2 Å². The van der Waals surface area contributed by atoms with E-state index in [1.54, 1.807) is 11.3 Å². The van der Waals surface area contributed by atoms with Crippen LogP contribution in [0, 0.1) is 13.8 Å². The molecule has 0 atom stereocenters. The Kier molecular flexibility index (Phi) is 4.68. The van der Waals surface area contributed by atoms with E-state index in [4.69, 9.17) is 4.74 Å². The molecule has 0 bridgehead atoms. The number of aryl methyl sites for hydroxylation is 2. The summed E-state index contributed by atoms with van der Waals surface area (Å²) in [5, 5.41) is 3.86. The predicted octanol–water partition coefficient (Wildman–Crippen LogP) is 0.822. The molecule has 0 saturated carbocycles. The highest BCUT2D eigenvalue weighted by Crippen LogP contribution is 2.15. The number of carbonyl (C=O) groups is 1. The Balaban J connectivity index is 1.76. The molecule has 100 valence electrons. The summed E-state index contributed by atoms with van der Waals surface area (Å²) in [4.78, 5) is 19.4. The summed E-state index contributed by atoms with van der Waals surface area (Å²) in [6, 6.07) is 0. The Hall–Kier alpha value is -0.980. The first kappa shape index (κ1) is 13.5. The molecule has 0 spiro atoms. The number of hydrogen-bond donors (Lipinski definition) is 1. The van der Waals surface area contributed by atoms with Crippen LogP contribution in [0.2, 0.25) is 0 Å². The molecule has 1 aromatic rings. The van der Waals surface area contributed by atoms with Crippen molar-refractivity contribution in [3.63, 3.8) is 0 Å². The van der Waals surface area contributed by atoms with Gasteiger partial charge in [-0.25, -0.2) is 4.98 Å².